The fraction of sp³-hybridized carbons (Fsp3) is 0.143. The number of hydrogen-bond donors (Lipinski definition) is 1. The molecule has 3 aromatic rings. The van der Waals surface area contributed by atoms with E-state index in [1.165, 1.54) is 25.3 Å². The van der Waals surface area contributed by atoms with Gasteiger partial charge in [-0.15, -0.1) is 0 Å². The molecule has 0 aliphatic rings. The molecule has 0 atom stereocenters. The maximum Gasteiger partial charge on any atom is 0.336 e. The molecular formula is C21H18O6. The Balaban J connectivity index is 1.73. The molecule has 0 radical (unpaired) electrons. The zero-order valence-corrected chi connectivity index (χ0v) is 14.9. The number of benzene rings is 2. The number of ether oxygens (including phenoxy) is 2. The summed E-state index contributed by atoms with van der Waals surface area (Å²) in [7, 11) is 1.44. The number of fused-ring (bicyclic) bond motifs is 1. The molecule has 0 saturated carbocycles. The van der Waals surface area contributed by atoms with Crippen LogP contribution in [0.4, 0.5) is 0 Å². The minimum Gasteiger partial charge on any atom is -0.504 e. The Kier molecular flexibility index (Phi) is 5.26. The molecule has 1 N–H and O–H groups in total. The van der Waals surface area contributed by atoms with Crippen molar-refractivity contribution in [2.45, 2.75) is 13.5 Å². The highest BCUT2D eigenvalue weighted by atomic mass is 16.5. The van der Waals surface area contributed by atoms with E-state index in [-0.39, 0.29) is 12.4 Å². The van der Waals surface area contributed by atoms with Crippen molar-refractivity contribution in [1.29, 1.82) is 0 Å². The Hall–Kier alpha value is -3.54. The van der Waals surface area contributed by atoms with Gasteiger partial charge < -0.3 is 19.0 Å². The molecule has 3 rings (SSSR count). The maximum absolute atomic E-state index is 12.0. The second-order valence-electron chi connectivity index (χ2n) is 5.96. The molecule has 0 aliphatic carbocycles. The molecule has 6 nitrogen and oxygen atoms in total. The zero-order valence-electron chi connectivity index (χ0n) is 14.9. The summed E-state index contributed by atoms with van der Waals surface area (Å²) in [6, 6.07) is 11.5. The van der Waals surface area contributed by atoms with Gasteiger partial charge in [-0.3, -0.25) is 0 Å². The summed E-state index contributed by atoms with van der Waals surface area (Å²) >= 11 is 0. The van der Waals surface area contributed by atoms with Crippen molar-refractivity contribution in [3.63, 3.8) is 0 Å². The lowest BCUT2D eigenvalue weighted by molar-refractivity contribution is -0.138. The Bertz CT molecular complexity index is 1080. The first kappa shape index (κ1) is 18.3. The van der Waals surface area contributed by atoms with Crippen molar-refractivity contribution in [2.24, 2.45) is 0 Å². The van der Waals surface area contributed by atoms with Gasteiger partial charge in [0.1, 0.15) is 12.2 Å². The Morgan fingerprint density at radius 2 is 2.00 bits per heavy atom. The van der Waals surface area contributed by atoms with Gasteiger partial charge in [0.05, 0.1) is 7.11 Å². The number of esters is 1. The number of aryl methyl sites for hydroxylation is 1. The van der Waals surface area contributed by atoms with Gasteiger partial charge >= 0.3 is 11.6 Å². The van der Waals surface area contributed by atoms with Crippen LogP contribution < -0.4 is 10.4 Å². The summed E-state index contributed by atoms with van der Waals surface area (Å²) in [5.41, 5.74) is 2.18. The fourth-order valence-corrected chi connectivity index (χ4v) is 2.62. The molecule has 0 fully saturated rings. The highest BCUT2D eigenvalue weighted by Crippen LogP contribution is 2.26. The van der Waals surface area contributed by atoms with E-state index in [0.717, 1.165) is 10.9 Å². The maximum atomic E-state index is 12.0. The molecule has 6 heteroatoms. The van der Waals surface area contributed by atoms with Crippen molar-refractivity contribution < 1.29 is 23.8 Å². The average Bonchev–Trinajstić information content (AvgIpc) is 2.64. The minimum absolute atomic E-state index is 0.0160. The highest BCUT2D eigenvalue weighted by molar-refractivity contribution is 5.87. The molecule has 0 bridgehead atoms. The topological polar surface area (TPSA) is 86.0 Å². The second kappa shape index (κ2) is 7.78. The fourth-order valence-electron chi connectivity index (χ4n) is 2.62. The lowest BCUT2D eigenvalue weighted by Gasteiger charge is -2.06. The van der Waals surface area contributed by atoms with Crippen LogP contribution >= 0.6 is 0 Å². The molecule has 138 valence electrons. The smallest absolute Gasteiger partial charge is 0.336 e. The predicted octanol–water partition coefficient (Wildman–Crippen LogP) is 3.57. The zero-order chi connectivity index (χ0) is 19.4. The average molecular weight is 366 g/mol. The van der Waals surface area contributed by atoms with Gasteiger partial charge in [-0.25, -0.2) is 9.59 Å². The van der Waals surface area contributed by atoms with Crippen LogP contribution in [0, 0.1) is 6.92 Å². The van der Waals surface area contributed by atoms with E-state index in [1.54, 1.807) is 24.3 Å². The monoisotopic (exact) mass is 366 g/mol. The van der Waals surface area contributed by atoms with Gasteiger partial charge in [0.2, 0.25) is 0 Å². The van der Waals surface area contributed by atoms with Crippen LogP contribution in [-0.2, 0) is 16.1 Å². The molecular weight excluding hydrogens is 348 g/mol. The molecule has 0 amide bonds. The molecule has 0 spiro atoms. The van der Waals surface area contributed by atoms with E-state index in [2.05, 4.69) is 0 Å². The largest absolute Gasteiger partial charge is 0.504 e. The van der Waals surface area contributed by atoms with Gasteiger partial charge in [0.15, 0.2) is 11.5 Å². The summed E-state index contributed by atoms with van der Waals surface area (Å²) < 4.78 is 15.4. The first-order chi connectivity index (χ1) is 13.0. The summed E-state index contributed by atoms with van der Waals surface area (Å²) in [6.07, 6.45) is 2.81. The summed E-state index contributed by atoms with van der Waals surface area (Å²) in [5, 5.41) is 10.3. The first-order valence-electron chi connectivity index (χ1n) is 8.21. The SMILES string of the molecule is COc1cc(C=CC(=O)OCc2cc(=O)oc3cc(C)ccc23)ccc1O. The van der Waals surface area contributed by atoms with E-state index in [9.17, 15) is 14.7 Å². The minimum atomic E-state index is -0.560. The number of methoxy groups -OCH3 is 1. The lowest BCUT2D eigenvalue weighted by Crippen LogP contribution is -2.05. The molecule has 0 aliphatic heterocycles. The van der Waals surface area contributed by atoms with E-state index < -0.39 is 11.6 Å². The van der Waals surface area contributed by atoms with Gasteiger partial charge in [0.25, 0.3) is 0 Å². The van der Waals surface area contributed by atoms with Crippen molar-refractivity contribution in [3.05, 3.63) is 75.7 Å². The number of phenolic OH excluding ortho intramolecular Hbond substituents is 1. The summed E-state index contributed by atoms with van der Waals surface area (Å²) in [6.45, 7) is 1.85. The summed E-state index contributed by atoms with van der Waals surface area (Å²) in [5.74, 6) is -0.235. The Morgan fingerprint density at radius 3 is 2.78 bits per heavy atom. The first-order valence-corrected chi connectivity index (χ1v) is 8.21. The van der Waals surface area contributed by atoms with E-state index in [1.807, 2.05) is 19.1 Å². The van der Waals surface area contributed by atoms with Crippen molar-refractivity contribution in [1.82, 2.24) is 0 Å². The summed E-state index contributed by atoms with van der Waals surface area (Å²) in [4.78, 5) is 23.7. The predicted molar refractivity (Wildman–Crippen MR) is 101 cm³/mol. The number of phenols is 1. The second-order valence-corrected chi connectivity index (χ2v) is 5.96. The molecule has 1 aromatic heterocycles. The molecule has 0 unspecified atom stereocenters. The van der Waals surface area contributed by atoms with Crippen LogP contribution in [0.2, 0.25) is 0 Å². The number of rotatable bonds is 5. The molecule has 2 aromatic carbocycles. The van der Waals surface area contributed by atoms with Crippen molar-refractivity contribution in [2.75, 3.05) is 7.11 Å². The van der Waals surface area contributed by atoms with E-state index in [0.29, 0.717) is 22.5 Å². The quantitative estimate of drug-likeness (QED) is 0.422. The van der Waals surface area contributed by atoms with Crippen LogP contribution in [0.1, 0.15) is 16.7 Å². The van der Waals surface area contributed by atoms with Gasteiger partial charge in [-0.05, 0) is 42.3 Å². The van der Waals surface area contributed by atoms with Gasteiger partial charge in [0, 0.05) is 23.1 Å². The number of carbonyl (C=O) groups is 1. The highest BCUT2D eigenvalue weighted by Gasteiger charge is 2.08. The number of carbonyl (C=O) groups excluding carboxylic acids is 1. The van der Waals surface area contributed by atoms with Crippen LogP contribution in [-0.4, -0.2) is 18.2 Å². The molecule has 1 heterocycles. The van der Waals surface area contributed by atoms with Crippen LogP contribution in [0.3, 0.4) is 0 Å². The third-order valence-corrected chi connectivity index (χ3v) is 3.97. The standard InChI is InChI=1S/C21H18O6/c1-13-3-6-16-15(11-21(24)27-18(16)9-13)12-26-20(23)8-5-14-4-7-17(22)19(10-14)25-2/h3-11,22H,12H2,1-2H3. The van der Waals surface area contributed by atoms with E-state index >= 15 is 0 Å². The normalized spacial score (nSPS) is 11.0. The number of hydrogen-bond acceptors (Lipinski definition) is 6. The van der Waals surface area contributed by atoms with Crippen LogP contribution in [0.5, 0.6) is 11.5 Å². The molecule has 27 heavy (non-hydrogen) atoms. The third-order valence-electron chi connectivity index (χ3n) is 3.97. The lowest BCUT2D eigenvalue weighted by atomic mass is 10.1. The van der Waals surface area contributed by atoms with Crippen LogP contribution in [0.25, 0.3) is 17.0 Å². The van der Waals surface area contributed by atoms with Crippen molar-refractivity contribution >= 4 is 23.0 Å². The molecule has 0 saturated heterocycles. The Morgan fingerprint density at radius 1 is 1.19 bits per heavy atom. The van der Waals surface area contributed by atoms with E-state index in [4.69, 9.17) is 13.9 Å². The van der Waals surface area contributed by atoms with Gasteiger partial charge in [-0.2, -0.15) is 0 Å². The van der Waals surface area contributed by atoms with Crippen molar-refractivity contribution in [3.8, 4) is 11.5 Å². The van der Waals surface area contributed by atoms with Gasteiger partial charge in [-0.1, -0.05) is 18.2 Å². The van der Waals surface area contributed by atoms with Crippen LogP contribution in [0.15, 0.2) is 57.8 Å². The number of aromatic hydroxyl groups is 1. The third kappa shape index (κ3) is 4.36. The Labute approximate surface area is 155 Å².